The standard InChI is InChI=1S/C36H50N2O13S3.3Na/c1-21(2)30(38-20-37-19-31(38)23-7-9-24(39)10-8-23)13-6-22(3)26-11-12-27-25-16-32(49-52(40,41)42)29-17-33(50-53(43,44)45)34(51-54(46,47)48)18-36(29,5)28(25)14-15-35(26,27)4;;;/h7-10,19-20,22,26,28-30,32-34,39H,1,6,11-18H2,2-5H3,(H,40,41,42)(H,43,44,45)(H,46,47,48);;;/q;3*+1/p-3/t22-,26-,28+,29-,30-,32+,33-,34+,35-,36-;;;/m1.../s1. The SMILES string of the molecule is C=C(C)[C@@H](CC[C@@H](C)[C@H]1CCC2=C3C[C@H](OS(=O)(=O)[O-])[C@H]4C[C@@H](OS(=O)(=O)[O-])[C@@H](OS(=O)(=O)[O-])C[C@]4(C)[C@H]3CC[C@@]21C)n1cncc1-c1ccc(O)cc1.[Na+].[Na+].[Na+]. The van der Waals surface area contributed by atoms with E-state index >= 15 is 0 Å². The Morgan fingerprint density at radius 3 is 2.09 bits per heavy atom. The maximum absolute atomic E-state index is 12.1. The third kappa shape index (κ3) is 11.5. The van der Waals surface area contributed by atoms with Crippen LogP contribution >= 0.6 is 0 Å². The molecule has 1 aromatic heterocycles. The maximum atomic E-state index is 12.1. The summed E-state index contributed by atoms with van der Waals surface area (Å²) in [5.41, 5.74) is 3.60. The van der Waals surface area contributed by atoms with E-state index in [1.807, 2.05) is 19.1 Å². The largest absolute Gasteiger partial charge is 1.00 e. The molecule has 0 aliphatic heterocycles. The number of benzene rings is 1. The third-order valence-electron chi connectivity index (χ3n) is 13.1. The zero-order valence-corrected chi connectivity index (χ0v) is 42.1. The average molecular weight is 881 g/mol. The molecule has 0 bridgehead atoms. The van der Waals surface area contributed by atoms with E-state index in [1.54, 1.807) is 31.6 Å². The summed E-state index contributed by atoms with van der Waals surface area (Å²) in [7, 11) is -16.0. The van der Waals surface area contributed by atoms with Crippen LogP contribution in [0.5, 0.6) is 5.75 Å². The predicted molar refractivity (Wildman–Crippen MR) is 191 cm³/mol. The van der Waals surface area contributed by atoms with Gasteiger partial charge in [0, 0.05) is 5.56 Å². The second kappa shape index (κ2) is 19.4. The van der Waals surface area contributed by atoms with Gasteiger partial charge in [0.1, 0.15) is 18.0 Å². The summed E-state index contributed by atoms with van der Waals surface area (Å²) in [5, 5.41) is 9.80. The Labute approximate surface area is 402 Å². The van der Waals surface area contributed by atoms with E-state index in [9.17, 15) is 44.0 Å². The number of aromatic nitrogens is 2. The van der Waals surface area contributed by atoms with Gasteiger partial charge in [0.25, 0.3) is 0 Å². The van der Waals surface area contributed by atoms with Gasteiger partial charge in [-0.25, -0.2) is 30.2 Å². The number of hydrogen-bond donors (Lipinski definition) is 1. The van der Waals surface area contributed by atoms with Crippen molar-refractivity contribution in [2.45, 2.75) is 110 Å². The molecule has 10 atom stereocenters. The molecule has 1 N–H and O–H groups in total. The van der Waals surface area contributed by atoms with E-state index in [-0.39, 0.29) is 136 Å². The molecule has 0 unspecified atom stereocenters. The molecule has 15 nitrogen and oxygen atoms in total. The molecule has 57 heavy (non-hydrogen) atoms. The van der Waals surface area contributed by atoms with Crippen LogP contribution in [0.25, 0.3) is 11.3 Å². The van der Waals surface area contributed by atoms with E-state index in [2.05, 4.69) is 34.2 Å². The minimum Gasteiger partial charge on any atom is -0.726 e. The molecule has 3 fully saturated rings. The minimum atomic E-state index is -5.40. The van der Waals surface area contributed by atoms with Crippen molar-refractivity contribution in [3.05, 3.63) is 60.1 Å². The van der Waals surface area contributed by atoms with Gasteiger partial charge >= 0.3 is 88.7 Å². The zero-order chi connectivity index (χ0) is 39.6. The van der Waals surface area contributed by atoms with Gasteiger partial charge in [-0.3, -0.25) is 12.5 Å². The van der Waals surface area contributed by atoms with E-state index in [0.717, 1.165) is 60.1 Å². The second-order valence-corrected chi connectivity index (χ2v) is 19.2. The summed E-state index contributed by atoms with van der Waals surface area (Å²) >= 11 is 0. The number of nitrogens with zero attached hydrogens (tertiary/aromatic N) is 2. The number of aromatic hydroxyl groups is 1. The number of allylic oxidation sites excluding steroid dienone is 2. The van der Waals surface area contributed by atoms with Crippen molar-refractivity contribution in [3.63, 3.8) is 0 Å². The summed E-state index contributed by atoms with van der Waals surface area (Å²) in [6.07, 6.45) is 2.99. The van der Waals surface area contributed by atoms with Crippen LogP contribution in [0.3, 0.4) is 0 Å². The molecule has 21 heteroatoms. The Hall–Kier alpha value is 0.320. The van der Waals surface area contributed by atoms with Gasteiger partial charge in [-0.05, 0) is 123 Å². The molecule has 300 valence electrons. The van der Waals surface area contributed by atoms with Crippen LogP contribution in [0, 0.1) is 34.5 Å². The van der Waals surface area contributed by atoms with E-state index in [1.165, 1.54) is 0 Å². The second-order valence-electron chi connectivity index (χ2n) is 16.2. The fraction of sp³-hybridized carbons (Fsp3) is 0.639. The summed E-state index contributed by atoms with van der Waals surface area (Å²) in [5.74, 6) is -0.424. The molecule has 4 aliphatic carbocycles. The predicted octanol–water partition coefficient (Wildman–Crippen LogP) is -3.72. The molecule has 3 saturated carbocycles. The molecule has 1 heterocycles. The summed E-state index contributed by atoms with van der Waals surface area (Å²) in [6.45, 7) is 12.5. The maximum Gasteiger partial charge on any atom is 1.00 e. The Kier molecular flexibility index (Phi) is 17.6. The van der Waals surface area contributed by atoms with Gasteiger partial charge in [-0.15, -0.1) is 0 Å². The van der Waals surface area contributed by atoms with Gasteiger partial charge in [0.05, 0.1) is 30.4 Å². The van der Waals surface area contributed by atoms with Gasteiger partial charge < -0.3 is 23.3 Å². The van der Waals surface area contributed by atoms with Crippen molar-refractivity contribution in [2.24, 2.45) is 34.5 Å². The quantitative estimate of drug-likeness (QED) is 0.0883. The molecule has 0 spiro atoms. The van der Waals surface area contributed by atoms with Gasteiger partial charge in [-0.2, -0.15) is 0 Å². The molecule has 6 rings (SSSR count). The number of phenolic OH excluding ortho intramolecular Hbond substituents is 1. The molecule has 0 amide bonds. The van der Waals surface area contributed by atoms with Crippen LogP contribution in [0.1, 0.15) is 91.5 Å². The summed E-state index contributed by atoms with van der Waals surface area (Å²) < 4.78 is 123. The number of phenols is 1. The Morgan fingerprint density at radius 2 is 1.51 bits per heavy atom. The molecule has 0 saturated heterocycles. The van der Waals surface area contributed by atoms with E-state index in [4.69, 9.17) is 8.37 Å². The summed E-state index contributed by atoms with van der Waals surface area (Å²) in [4.78, 5) is 4.42. The Morgan fingerprint density at radius 1 is 0.930 bits per heavy atom. The van der Waals surface area contributed by atoms with E-state index in [0.29, 0.717) is 6.42 Å². The zero-order valence-electron chi connectivity index (χ0n) is 33.6. The number of imidazole rings is 1. The molecule has 2 aromatic rings. The Bertz CT molecular complexity index is 2130. The van der Waals surface area contributed by atoms with Crippen molar-refractivity contribution in [3.8, 4) is 17.0 Å². The number of fused-ring (bicyclic) bond motifs is 4. The summed E-state index contributed by atoms with van der Waals surface area (Å²) in [6, 6.07) is 6.93. The van der Waals surface area contributed by atoms with Crippen LogP contribution < -0.4 is 88.7 Å². The molecule has 1 aromatic carbocycles. The minimum absolute atomic E-state index is 0. The van der Waals surface area contributed by atoms with Crippen LogP contribution in [0.4, 0.5) is 0 Å². The van der Waals surface area contributed by atoms with Crippen molar-refractivity contribution < 1.29 is 145 Å². The normalized spacial score (nSPS) is 31.0. The van der Waals surface area contributed by atoms with Crippen LogP contribution in [-0.4, -0.2) is 71.9 Å². The van der Waals surface area contributed by atoms with Gasteiger partial charge in [-0.1, -0.05) is 44.1 Å². The first kappa shape index (κ1) is 51.7. The van der Waals surface area contributed by atoms with Crippen LogP contribution in [0.2, 0.25) is 0 Å². The van der Waals surface area contributed by atoms with Crippen molar-refractivity contribution >= 4 is 31.2 Å². The van der Waals surface area contributed by atoms with Crippen molar-refractivity contribution in [1.82, 2.24) is 9.55 Å². The Balaban J connectivity index is 0.00000290. The molecule has 0 radical (unpaired) electrons. The molecular weight excluding hydrogens is 834 g/mol. The fourth-order valence-electron chi connectivity index (χ4n) is 10.9. The molecular formula is C36H47N2Na3O13S3. The van der Waals surface area contributed by atoms with Gasteiger partial charge in [0.15, 0.2) is 0 Å². The fourth-order valence-corrected chi connectivity index (χ4v) is 12.4. The first-order valence-electron chi connectivity index (χ1n) is 18.1. The number of rotatable bonds is 13. The monoisotopic (exact) mass is 880 g/mol. The van der Waals surface area contributed by atoms with Crippen LogP contribution in [-0.2, 0) is 43.7 Å². The first-order valence-corrected chi connectivity index (χ1v) is 22.1. The van der Waals surface area contributed by atoms with E-state index < -0.39 is 67.3 Å². The van der Waals surface area contributed by atoms with Crippen molar-refractivity contribution in [2.75, 3.05) is 0 Å². The average Bonchev–Trinajstić information content (AvgIpc) is 3.65. The molecule has 4 aliphatic rings. The third-order valence-corrected chi connectivity index (χ3v) is 14.5. The van der Waals surface area contributed by atoms with Crippen LogP contribution in [0.15, 0.2) is 60.1 Å². The van der Waals surface area contributed by atoms with Crippen molar-refractivity contribution in [1.29, 1.82) is 0 Å². The number of hydrogen-bond acceptors (Lipinski definition) is 14. The van der Waals surface area contributed by atoms with Gasteiger partial charge in [0.2, 0.25) is 31.2 Å². The first-order chi connectivity index (χ1) is 25.0. The topological polar surface area (TPSA) is 237 Å². The smallest absolute Gasteiger partial charge is 0.726 e.